The lowest BCUT2D eigenvalue weighted by Crippen LogP contribution is -2.34. The zero-order chi connectivity index (χ0) is 13.8. The van der Waals surface area contributed by atoms with E-state index in [2.05, 4.69) is 26.0 Å². The monoisotopic (exact) mass is 261 g/mol. The summed E-state index contributed by atoms with van der Waals surface area (Å²) in [5, 5.41) is 0. The Kier molecular flexibility index (Phi) is 4.59. The molecule has 3 nitrogen and oxygen atoms in total. The summed E-state index contributed by atoms with van der Waals surface area (Å²) in [7, 11) is 0. The third kappa shape index (κ3) is 3.57. The molecule has 0 saturated carbocycles. The van der Waals surface area contributed by atoms with Crippen molar-refractivity contribution >= 4 is 5.97 Å². The number of nitrogens with two attached hydrogens (primary N) is 1. The van der Waals surface area contributed by atoms with Crippen molar-refractivity contribution in [1.29, 1.82) is 0 Å². The first-order valence-corrected chi connectivity index (χ1v) is 7.11. The highest BCUT2D eigenvalue weighted by Crippen LogP contribution is 2.32. The number of benzene rings is 1. The van der Waals surface area contributed by atoms with Gasteiger partial charge < -0.3 is 10.5 Å². The van der Waals surface area contributed by atoms with Crippen LogP contribution in [0.15, 0.2) is 24.3 Å². The molecule has 0 saturated heterocycles. The Morgan fingerprint density at radius 2 is 2.16 bits per heavy atom. The molecule has 0 aromatic heterocycles. The predicted molar refractivity (Wildman–Crippen MR) is 75.6 cm³/mol. The first-order chi connectivity index (χ1) is 9.08. The summed E-state index contributed by atoms with van der Waals surface area (Å²) in [5.74, 6) is 0.136. The topological polar surface area (TPSA) is 52.3 Å². The molecule has 2 atom stereocenters. The first kappa shape index (κ1) is 14.1. The molecule has 19 heavy (non-hydrogen) atoms. The molecular weight excluding hydrogens is 238 g/mol. The van der Waals surface area contributed by atoms with Gasteiger partial charge in [-0.25, -0.2) is 0 Å². The number of fused-ring (bicyclic) bond motifs is 1. The molecule has 0 bridgehead atoms. The van der Waals surface area contributed by atoms with Gasteiger partial charge in [-0.3, -0.25) is 4.79 Å². The largest absolute Gasteiger partial charge is 0.456 e. The normalized spacial score (nSPS) is 19.9. The highest BCUT2D eigenvalue weighted by Gasteiger charge is 2.25. The number of carbonyl (C=O) groups is 1. The van der Waals surface area contributed by atoms with E-state index in [9.17, 15) is 4.79 Å². The summed E-state index contributed by atoms with van der Waals surface area (Å²) in [6.07, 6.45) is 3.59. The van der Waals surface area contributed by atoms with Gasteiger partial charge in [0, 0.05) is 0 Å². The Bertz CT molecular complexity index is 442. The Morgan fingerprint density at radius 3 is 2.89 bits per heavy atom. The number of hydrogen-bond donors (Lipinski definition) is 1. The minimum Gasteiger partial charge on any atom is -0.456 e. The summed E-state index contributed by atoms with van der Waals surface area (Å²) >= 11 is 0. The molecule has 1 aromatic carbocycles. The summed E-state index contributed by atoms with van der Waals surface area (Å²) in [5.41, 5.74) is 8.33. The van der Waals surface area contributed by atoms with E-state index in [1.165, 1.54) is 5.56 Å². The first-order valence-electron chi connectivity index (χ1n) is 7.11. The number of esters is 1. The summed E-state index contributed by atoms with van der Waals surface area (Å²) in [6, 6.07) is 7.70. The van der Waals surface area contributed by atoms with Crippen LogP contribution >= 0.6 is 0 Å². The van der Waals surface area contributed by atoms with Gasteiger partial charge in [0.2, 0.25) is 0 Å². The molecule has 1 unspecified atom stereocenters. The minimum atomic E-state index is -0.505. The zero-order valence-electron chi connectivity index (χ0n) is 11.8. The molecular formula is C16H23NO2. The Hall–Kier alpha value is -1.35. The van der Waals surface area contributed by atoms with E-state index in [4.69, 9.17) is 10.5 Å². The van der Waals surface area contributed by atoms with Crippen molar-refractivity contribution in [2.24, 2.45) is 11.7 Å². The second-order valence-corrected chi connectivity index (χ2v) is 5.75. The maximum atomic E-state index is 12.0. The third-order valence-corrected chi connectivity index (χ3v) is 3.60. The second-order valence-electron chi connectivity index (χ2n) is 5.75. The van der Waals surface area contributed by atoms with Crippen LogP contribution in [0.2, 0.25) is 0 Å². The van der Waals surface area contributed by atoms with Crippen LogP contribution in [0.5, 0.6) is 0 Å². The van der Waals surface area contributed by atoms with Crippen molar-refractivity contribution in [3.63, 3.8) is 0 Å². The smallest absolute Gasteiger partial charge is 0.323 e. The van der Waals surface area contributed by atoms with Gasteiger partial charge in [0.25, 0.3) is 0 Å². The van der Waals surface area contributed by atoms with Gasteiger partial charge >= 0.3 is 5.97 Å². The number of aryl methyl sites for hydroxylation is 1. The third-order valence-electron chi connectivity index (χ3n) is 3.60. The van der Waals surface area contributed by atoms with Gasteiger partial charge in [0.1, 0.15) is 12.1 Å². The van der Waals surface area contributed by atoms with Crippen molar-refractivity contribution in [3.8, 4) is 0 Å². The lowest BCUT2D eigenvalue weighted by Gasteiger charge is -2.26. The molecule has 1 aromatic rings. The predicted octanol–water partition coefficient (Wildman–Crippen LogP) is 2.98. The summed E-state index contributed by atoms with van der Waals surface area (Å²) in [4.78, 5) is 12.0. The molecule has 0 amide bonds. The van der Waals surface area contributed by atoms with E-state index >= 15 is 0 Å². The van der Waals surface area contributed by atoms with Crippen LogP contribution in [0.1, 0.15) is 50.3 Å². The Balaban J connectivity index is 2.02. The number of ether oxygens (including phenoxy) is 1. The van der Waals surface area contributed by atoms with Crippen molar-refractivity contribution in [2.45, 2.75) is 51.7 Å². The summed E-state index contributed by atoms with van der Waals surface area (Å²) < 4.78 is 5.62. The van der Waals surface area contributed by atoms with Crippen molar-refractivity contribution in [3.05, 3.63) is 35.4 Å². The van der Waals surface area contributed by atoms with Crippen LogP contribution in [-0.4, -0.2) is 12.0 Å². The van der Waals surface area contributed by atoms with E-state index in [-0.39, 0.29) is 12.1 Å². The van der Waals surface area contributed by atoms with E-state index in [1.807, 2.05) is 12.1 Å². The maximum Gasteiger partial charge on any atom is 0.323 e. The fourth-order valence-corrected chi connectivity index (χ4v) is 2.66. The number of rotatable bonds is 4. The SMILES string of the molecule is CC(C)C[C@@H](N)C(=O)OC1CCCc2ccccc21. The van der Waals surface area contributed by atoms with Gasteiger partial charge in [-0.1, -0.05) is 38.1 Å². The van der Waals surface area contributed by atoms with Crippen LogP contribution in [0.25, 0.3) is 0 Å². The highest BCUT2D eigenvalue weighted by molar-refractivity contribution is 5.75. The molecule has 2 rings (SSSR count). The number of carbonyl (C=O) groups excluding carboxylic acids is 1. The molecule has 3 heteroatoms. The Labute approximate surface area is 115 Å². The molecule has 0 spiro atoms. The fraction of sp³-hybridized carbons (Fsp3) is 0.562. The van der Waals surface area contributed by atoms with E-state index in [1.54, 1.807) is 0 Å². The van der Waals surface area contributed by atoms with Gasteiger partial charge in [-0.05, 0) is 42.7 Å². The quantitative estimate of drug-likeness (QED) is 0.848. The fourth-order valence-electron chi connectivity index (χ4n) is 2.66. The molecule has 0 fully saturated rings. The zero-order valence-corrected chi connectivity index (χ0v) is 11.8. The molecule has 0 aliphatic heterocycles. The van der Waals surface area contributed by atoms with Crippen molar-refractivity contribution < 1.29 is 9.53 Å². The van der Waals surface area contributed by atoms with Crippen molar-refractivity contribution in [2.75, 3.05) is 0 Å². The molecule has 0 heterocycles. The van der Waals surface area contributed by atoms with Crippen LogP contribution in [0.4, 0.5) is 0 Å². The van der Waals surface area contributed by atoms with Crippen LogP contribution in [-0.2, 0) is 16.0 Å². The summed E-state index contributed by atoms with van der Waals surface area (Å²) in [6.45, 7) is 4.12. The van der Waals surface area contributed by atoms with Gasteiger partial charge in [-0.15, -0.1) is 0 Å². The van der Waals surface area contributed by atoms with Crippen LogP contribution in [0.3, 0.4) is 0 Å². The standard InChI is InChI=1S/C16H23NO2/c1-11(2)10-14(17)16(18)19-15-9-5-7-12-6-3-4-8-13(12)15/h3-4,6,8,11,14-15H,5,7,9-10,17H2,1-2H3/t14-,15?/m1/s1. The van der Waals surface area contributed by atoms with E-state index in [0.29, 0.717) is 12.3 Å². The van der Waals surface area contributed by atoms with Gasteiger partial charge in [-0.2, -0.15) is 0 Å². The van der Waals surface area contributed by atoms with Gasteiger partial charge in [0.05, 0.1) is 0 Å². The highest BCUT2D eigenvalue weighted by atomic mass is 16.5. The number of hydrogen-bond acceptors (Lipinski definition) is 3. The minimum absolute atomic E-state index is 0.115. The maximum absolute atomic E-state index is 12.0. The molecule has 1 aliphatic rings. The molecule has 2 N–H and O–H groups in total. The van der Waals surface area contributed by atoms with Crippen LogP contribution in [0, 0.1) is 5.92 Å². The van der Waals surface area contributed by atoms with E-state index in [0.717, 1.165) is 24.8 Å². The Morgan fingerprint density at radius 1 is 1.42 bits per heavy atom. The van der Waals surface area contributed by atoms with Crippen LogP contribution < -0.4 is 5.73 Å². The van der Waals surface area contributed by atoms with Crippen molar-refractivity contribution in [1.82, 2.24) is 0 Å². The molecule has 104 valence electrons. The molecule has 0 radical (unpaired) electrons. The lowest BCUT2D eigenvalue weighted by atomic mass is 9.89. The average Bonchev–Trinajstić information content (AvgIpc) is 2.38. The second kappa shape index (κ2) is 6.20. The van der Waals surface area contributed by atoms with E-state index < -0.39 is 6.04 Å². The molecule has 1 aliphatic carbocycles. The lowest BCUT2D eigenvalue weighted by molar-refractivity contribution is -0.152. The van der Waals surface area contributed by atoms with Gasteiger partial charge in [0.15, 0.2) is 0 Å². The average molecular weight is 261 g/mol.